The van der Waals surface area contributed by atoms with Crippen LogP contribution in [-0.4, -0.2) is 43.8 Å². The summed E-state index contributed by atoms with van der Waals surface area (Å²) in [7, 11) is -4.22. The van der Waals surface area contributed by atoms with Gasteiger partial charge in [0.25, 0.3) is 10.0 Å². The van der Waals surface area contributed by atoms with Crippen LogP contribution in [0.1, 0.15) is 37.0 Å². The standard InChI is InChI=1S/C35H37Cl2N3O4S/c1-4-25(2)38-35(42)33(22-27-12-7-5-8-13-27)39(23-28-18-20-29(36)21-19-28)34(41)24-40(32-17-11-16-31(37)26(32)3)45(43,44)30-14-9-6-10-15-30/h5-21,25,33H,4,22-24H2,1-3H3,(H,38,42)/t25-,33+/m1/s1. The molecule has 0 fully saturated rings. The molecule has 4 aromatic carbocycles. The van der Waals surface area contributed by atoms with Crippen LogP contribution < -0.4 is 9.62 Å². The third-order valence-electron chi connectivity index (χ3n) is 7.66. The minimum absolute atomic E-state index is 0.0248. The zero-order valence-corrected chi connectivity index (χ0v) is 27.8. The van der Waals surface area contributed by atoms with Crippen molar-refractivity contribution >= 4 is 50.7 Å². The third kappa shape index (κ3) is 8.66. The molecular formula is C35H37Cl2N3O4S. The van der Waals surface area contributed by atoms with Crippen LogP contribution in [-0.2, 0) is 32.6 Å². The number of rotatable bonds is 13. The molecule has 0 unspecified atom stereocenters. The Morgan fingerprint density at radius 2 is 1.44 bits per heavy atom. The highest BCUT2D eigenvalue weighted by Crippen LogP contribution is 2.31. The van der Waals surface area contributed by atoms with Crippen molar-refractivity contribution in [2.24, 2.45) is 0 Å². The van der Waals surface area contributed by atoms with Gasteiger partial charge in [-0.25, -0.2) is 8.42 Å². The first-order chi connectivity index (χ1) is 21.5. The number of nitrogens with one attached hydrogen (secondary N) is 1. The molecule has 0 bridgehead atoms. The predicted octanol–water partition coefficient (Wildman–Crippen LogP) is 7.05. The summed E-state index contributed by atoms with van der Waals surface area (Å²) in [6.07, 6.45) is 0.927. The van der Waals surface area contributed by atoms with E-state index in [0.717, 1.165) is 15.4 Å². The van der Waals surface area contributed by atoms with E-state index >= 15 is 0 Å². The van der Waals surface area contributed by atoms with Crippen LogP contribution in [0.3, 0.4) is 0 Å². The summed E-state index contributed by atoms with van der Waals surface area (Å²) in [4.78, 5) is 29.9. The van der Waals surface area contributed by atoms with Crippen molar-refractivity contribution in [3.63, 3.8) is 0 Å². The molecule has 0 aliphatic heterocycles. The van der Waals surface area contributed by atoms with Gasteiger partial charge >= 0.3 is 0 Å². The van der Waals surface area contributed by atoms with E-state index in [1.165, 1.54) is 17.0 Å². The van der Waals surface area contributed by atoms with E-state index in [9.17, 15) is 18.0 Å². The molecular weight excluding hydrogens is 629 g/mol. The van der Waals surface area contributed by atoms with Gasteiger partial charge in [-0.15, -0.1) is 0 Å². The topological polar surface area (TPSA) is 86.8 Å². The average molecular weight is 667 g/mol. The number of halogens is 2. The van der Waals surface area contributed by atoms with Gasteiger partial charge in [-0.1, -0.05) is 96.9 Å². The summed E-state index contributed by atoms with van der Waals surface area (Å²) in [5.41, 5.74) is 2.37. The van der Waals surface area contributed by atoms with Gasteiger partial charge in [0.1, 0.15) is 12.6 Å². The smallest absolute Gasteiger partial charge is 0.264 e. The van der Waals surface area contributed by atoms with Crippen molar-refractivity contribution in [3.05, 3.63) is 130 Å². The maximum Gasteiger partial charge on any atom is 0.264 e. The van der Waals surface area contributed by atoms with Gasteiger partial charge in [0.15, 0.2) is 0 Å². The lowest BCUT2D eigenvalue weighted by Gasteiger charge is -2.34. The van der Waals surface area contributed by atoms with Gasteiger partial charge in [0.2, 0.25) is 11.8 Å². The lowest BCUT2D eigenvalue weighted by molar-refractivity contribution is -0.140. The molecule has 236 valence electrons. The Bertz CT molecular complexity index is 1700. The Hall–Kier alpha value is -3.85. The fourth-order valence-corrected chi connectivity index (χ4v) is 6.67. The molecule has 1 N–H and O–H groups in total. The van der Waals surface area contributed by atoms with E-state index in [4.69, 9.17) is 23.2 Å². The maximum absolute atomic E-state index is 14.5. The van der Waals surface area contributed by atoms with Crippen molar-refractivity contribution in [2.75, 3.05) is 10.8 Å². The SMILES string of the molecule is CC[C@@H](C)NC(=O)[C@H](Cc1ccccc1)N(Cc1ccc(Cl)cc1)C(=O)CN(c1cccc(Cl)c1C)S(=O)(=O)c1ccccc1. The highest BCUT2D eigenvalue weighted by molar-refractivity contribution is 7.92. The van der Waals surface area contributed by atoms with Gasteiger partial charge in [-0.3, -0.25) is 13.9 Å². The number of sulfonamides is 1. The summed E-state index contributed by atoms with van der Waals surface area (Å²) in [6, 6.07) is 28.2. The van der Waals surface area contributed by atoms with Crippen LogP contribution in [0.5, 0.6) is 0 Å². The number of anilines is 1. The largest absolute Gasteiger partial charge is 0.352 e. The van der Waals surface area contributed by atoms with Crippen LogP contribution in [0.4, 0.5) is 5.69 Å². The number of amides is 2. The normalized spacial score (nSPS) is 12.6. The molecule has 2 amide bonds. The molecule has 2 atom stereocenters. The molecule has 0 spiro atoms. The second-order valence-electron chi connectivity index (χ2n) is 10.9. The van der Waals surface area contributed by atoms with E-state index in [2.05, 4.69) is 5.32 Å². The lowest BCUT2D eigenvalue weighted by atomic mass is 10.0. The predicted molar refractivity (Wildman–Crippen MR) is 181 cm³/mol. The zero-order valence-electron chi connectivity index (χ0n) is 25.5. The number of hydrogen-bond acceptors (Lipinski definition) is 4. The third-order valence-corrected chi connectivity index (χ3v) is 10.1. The van der Waals surface area contributed by atoms with Gasteiger partial charge in [-0.05, 0) is 73.4 Å². The lowest BCUT2D eigenvalue weighted by Crippen LogP contribution is -2.54. The summed E-state index contributed by atoms with van der Waals surface area (Å²) < 4.78 is 29.4. The summed E-state index contributed by atoms with van der Waals surface area (Å²) in [5.74, 6) is -0.879. The average Bonchev–Trinajstić information content (AvgIpc) is 3.04. The minimum Gasteiger partial charge on any atom is -0.352 e. The summed E-state index contributed by atoms with van der Waals surface area (Å²) >= 11 is 12.6. The zero-order chi connectivity index (χ0) is 32.6. The fourth-order valence-electron chi connectivity index (χ4n) is 4.88. The molecule has 0 heterocycles. The molecule has 0 aliphatic rings. The number of hydrogen-bond donors (Lipinski definition) is 1. The summed E-state index contributed by atoms with van der Waals surface area (Å²) in [5, 5.41) is 3.93. The molecule has 0 radical (unpaired) electrons. The van der Waals surface area contributed by atoms with Crippen molar-refractivity contribution in [3.8, 4) is 0 Å². The van der Waals surface area contributed by atoms with E-state index in [1.54, 1.807) is 67.6 Å². The molecule has 4 rings (SSSR count). The molecule has 0 saturated heterocycles. The highest BCUT2D eigenvalue weighted by atomic mass is 35.5. The molecule has 10 heteroatoms. The van der Waals surface area contributed by atoms with E-state index in [1.807, 2.05) is 44.2 Å². The molecule has 4 aromatic rings. The number of carbonyl (C=O) groups is 2. The van der Waals surface area contributed by atoms with Gasteiger partial charge in [0, 0.05) is 29.1 Å². The fraction of sp³-hybridized carbons (Fsp3) is 0.257. The van der Waals surface area contributed by atoms with Crippen LogP contribution in [0, 0.1) is 6.92 Å². The van der Waals surface area contributed by atoms with Crippen molar-refractivity contribution < 1.29 is 18.0 Å². The van der Waals surface area contributed by atoms with Crippen LogP contribution in [0.2, 0.25) is 10.0 Å². The maximum atomic E-state index is 14.5. The Balaban J connectivity index is 1.83. The van der Waals surface area contributed by atoms with E-state index < -0.39 is 28.5 Å². The first-order valence-corrected chi connectivity index (χ1v) is 16.9. The Kier molecular flexibility index (Phi) is 11.7. The van der Waals surface area contributed by atoms with Gasteiger partial charge in [0.05, 0.1) is 10.6 Å². The minimum atomic E-state index is -4.22. The van der Waals surface area contributed by atoms with Crippen LogP contribution in [0.25, 0.3) is 0 Å². The second-order valence-corrected chi connectivity index (χ2v) is 13.6. The Morgan fingerprint density at radius 3 is 2.07 bits per heavy atom. The molecule has 0 aromatic heterocycles. The summed E-state index contributed by atoms with van der Waals surface area (Å²) in [6.45, 7) is 5.06. The highest BCUT2D eigenvalue weighted by Gasteiger charge is 2.35. The van der Waals surface area contributed by atoms with Crippen molar-refractivity contribution in [1.29, 1.82) is 0 Å². The first kappa shape index (κ1) is 34.0. The van der Waals surface area contributed by atoms with Gasteiger partial charge < -0.3 is 10.2 Å². The van der Waals surface area contributed by atoms with Crippen molar-refractivity contribution in [1.82, 2.24) is 10.2 Å². The Labute approximate surface area is 275 Å². The quantitative estimate of drug-likeness (QED) is 0.166. The van der Waals surface area contributed by atoms with Crippen LogP contribution in [0.15, 0.2) is 108 Å². The van der Waals surface area contributed by atoms with E-state index in [0.29, 0.717) is 22.0 Å². The first-order valence-electron chi connectivity index (χ1n) is 14.7. The molecule has 0 saturated carbocycles. The Morgan fingerprint density at radius 1 is 0.822 bits per heavy atom. The monoisotopic (exact) mass is 665 g/mol. The van der Waals surface area contributed by atoms with Crippen molar-refractivity contribution in [2.45, 2.75) is 57.1 Å². The molecule has 0 aliphatic carbocycles. The molecule has 7 nitrogen and oxygen atoms in total. The number of benzene rings is 4. The number of carbonyl (C=O) groups excluding carboxylic acids is 2. The van der Waals surface area contributed by atoms with E-state index in [-0.39, 0.29) is 35.5 Å². The van der Waals surface area contributed by atoms with Crippen LogP contribution >= 0.6 is 23.2 Å². The number of nitrogens with zero attached hydrogens (tertiary/aromatic N) is 2. The second kappa shape index (κ2) is 15.4. The molecule has 45 heavy (non-hydrogen) atoms. The van der Waals surface area contributed by atoms with Gasteiger partial charge in [-0.2, -0.15) is 0 Å².